The summed E-state index contributed by atoms with van der Waals surface area (Å²) in [6.45, 7) is 0.174. The number of halogens is 2. The van der Waals surface area contributed by atoms with Crippen LogP contribution in [-0.2, 0) is 16.1 Å². The summed E-state index contributed by atoms with van der Waals surface area (Å²) in [4.78, 5) is 26.9. The maximum absolute atomic E-state index is 13.0. The lowest BCUT2D eigenvalue weighted by Crippen LogP contribution is -2.39. The van der Waals surface area contributed by atoms with Gasteiger partial charge in [-0.2, -0.15) is 0 Å². The number of carbonyl (C=O) groups excluding carboxylic acids is 2. The maximum atomic E-state index is 13.0. The minimum Gasteiger partial charge on any atom is -0.457 e. The minimum absolute atomic E-state index is 0.181. The van der Waals surface area contributed by atoms with Crippen LogP contribution in [0.5, 0.6) is 0 Å². The molecule has 0 aliphatic heterocycles. The molecule has 0 atom stereocenters. The Morgan fingerprint density at radius 3 is 2.55 bits per heavy atom. The van der Waals surface area contributed by atoms with Crippen LogP contribution in [0.2, 0.25) is 5.02 Å². The predicted molar refractivity (Wildman–Crippen MR) is 142 cm³/mol. The molecule has 1 heterocycles. The van der Waals surface area contributed by atoms with Crippen molar-refractivity contribution in [2.24, 2.45) is 0 Å². The largest absolute Gasteiger partial charge is 0.457 e. The topological polar surface area (TPSA) is 62.6 Å². The van der Waals surface area contributed by atoms with Crippen LogP contribution in [0.4, 0.5) is 0 Å². The lowest BCUT2D eigenvalue weighted by atomic mass is 10.2. The van der Waals surface area contributed by atoms with E-state index in [4.69, 9.17) is 28.2 Å². The quantitative estimate of drug-likeness (QED) is 0.249. The molecule has 0 fully saturated rings. The second kappa shape index (κ2) is 12.2. The summed E-state index contributed by atoms with van der Waals surface area (Å²) in [6.07, 6.45) is 3.40. The van der Waals surface area contributed by atoms with Gasteiger partial charge in [0.15, 0.2) is 0 Å². The summed E-state index contributed by atoms with van der Waals surface area (Å²) in [5, 5.41) is 3.37. The van der Waals surface area contributed by atoms with Gasteiger partial charge in [0, 0.05) is 16.6 Å². The Kier molecular flexibility index (Phi) is 9.31. The molecule has 0 spiro atoms. The number of amides is 2. The standard InChI is InChI=1S/C24H20BrClN2O3S2/c1-33-22(12-18-10-11-21(31-18)19-4-2-3-5-20(19)26)24(30)28(15-32)14-23(29)27-13-16-6-8-17(25)9-7-16/h2-12,15H,13-14H2,1H3,(H,27,29)/b22-12-. The normalized spacial score (nSPS) is 11.2. The van der Waals surface area contributed by atoms with Crippen molar-refractivity contribution in [3.63, 3.8) is 0 Å². The molecule has 5 nitrogen and oxygen atoms in total. The molecule has 2 amide bonds. The average Bonchev–Trinajstić information content (AvgIpc) is 3.29. The van der Waals surface area contributed by atoms with E-state index >= 15 is 0 Å². The molecule has 0 saturated carbocycles. The van der Waals surface area contributed by atoms with E-state index in [9.17, 15) is 9.59 Å². The number of furan rings is 1. The van der Waals surface area contributed by atoms with Crippen molar-refractivity contribution in [1.82, 2.24) is 10.2 Å². The van der Waals surface area contributed by atoms with Gasteiger partial charge in [-0.3, -0.25) is 14.5 Å². The average molecular weight is 564 g/mol. The van der Waals surface area contributed by atoms with Gasteiger partial charge in [0.1, 0.15) is 18.1 Å². The third kappa shape index (κ3) is 7.04. The van der Waals surface area contributed by atoms with Crippen LogP contribution in [0.25, 0.3) is 17.4 Å². The molecule has 1 aromatic heterocycles. The number of benzene rings is 2. The number of carbonyl (C=O) groups is 2. The highest BCUT2D eigenvalue weighted by atomic mass is 79.9. The predicted octanol–water partition coefficient (Wildman–Crippen LogP) is 6.17. The molecule has 2 aromatic carbocycles. The van der Waals surface area contributed by atoms with Crippen molar-refractivity contribution in [3.05, 3.63) is 86.4 Å². The van der Waals surface area contributed by atoms with Crippen LogP contribution >= 0.6 is 51.5 Å². The number of hydrogen-bond donors (Lipinski definition) is 1. The fraction of sp³-hybridized carbons (Fsp3) is 0.125. The van der Waals surface area contributed by atoms with Crippen molar-refractivity contribution in [3.8, 4) is 11.3 Å². The molecule has 0 saturated heterocycles. The van der Waals surface area contributed by atoms with E-state index in [-0.39, 0.29) is 18.4 Å². The van der Waals surface area contributed by atoms with Gasteiger partial charge in [-0.15, -0.1) is 11.8 Å². The van der Waals surface area contributed by atoms with E-state index in [0.29, 0.717) is 28.0 Å². The second-order valence-corrected chi connectivity index (χ2v) is 9.22. The summed E-state index contributed by atoms with van der Waals surface area (Å²) in [5.74, 6) is 0.393. The van der Waals surface area contributed by atoms with Crippen molar-refractivity contribution in [1.29, 1.82) is 0 Å². The van der Waals surface area contributed by atoms with Crippen molar-refractivity contribution in [2.75, 3.05) is 12.8 Å². The van der Waals surface area contributed by atoms with Crippen LogP contribution in [0.3, 0.4) is 0 Å². The number of thioether (sulfide) groups is 1. The molecule has 9 heteroatoms. The Morgan fingerprint density at radius 1 is 1.15 bits per heavy atom. The lowest BCUT2D eigenvalue weighted by molar-refractivity contribution is -0.129. The molecule has 3 aromatic rings. The van der Waals surface area contributed by atoms with E-state index in [0.717, 1.165) is 15.6 Å². The van der Waals surface area contributed by atoms with Gasteiger partial charge in [0.05, 0.1) is 15.4 Å². The Morgan fingerprint density at radius 2 is 1.88 bits per heavy atom. The van der Waals surface area contributed by atoms with E-state index in [1.807, 2.05) is 42.5 Å². The first-order valence-electron chi connectivity index (χ1n) is 9.79. The molecule has 170 valence electrons. The summed E-state index contributed by atoms with van der Waals surface area (Å²) in [7, 11) is 0. The molecule has 0 aliphatic carbocycles. The molecule has 0 bridgehead atoms. The number of hydrogen-bond acceptors (Lipinski definition) is 5. The van der Waals surface area contributed by atoms with Crippen molar-refractivity contribution < 1.29 is 14.0 Å². The van der Waals surface area contributed by atoms with Crippen LogP contribution < -0.4 is 5.32 Å². The first kappa shape index (κ1) is 25.2. The van der Waals surface area contributed by atoms with E-state index in [1.54, 1.807) is 30.5 Å². The molecule has 0 radical (unpaired) electrons. The molecule has 0 unspecified atom stereocenters. The summed E-state index contributed by atoms with van der Waals surface area (Å²) >= 11 is 15.9. The Hall–Kier alpha value is -2.39. The molecule has 3 rings (SSSR count). The van der Waals surface area contributed by atoms with Gasteiger partial charge in [-0.05, 0) is 54.3 Å². The van der Waals surface area contributed by atoms with Gasteiger partial charge >= 0.3 is 0 Å². The Bertz CT molecular complexity index is 1180. The van der Waals surface area contributed by atoms with Crippen LogP contribution in [0.15, 0.2) is 74.5 Å². The Labute approximate surface area is 215 Å². The van der Waals surface area contributed by atoms with Crippen molar-refractivity contribution >= 4 is 74.9 Å². The van der Waals surface area contributed by atoms with Gasteiger partial charge in [-0.25, -0.2) is 0 Å². The highest BCUT2D eigenvalue weighted by molar-refractivity contribution is 9.10. The summed E-state index contributed by atoms with van der Waals surface area (Å²) in [6, 6.07) is 18.5. The van der Waals surface area contributed by atoms with E-state index in [2.05, 4.69) is 21.2 Å². The molecule has 0 aliphatic rings. The third-order valence-corrected chi connectivity index (χ3v) is 6.42. The maximum Gasteiger partial charge on any atom is 0.265 e. The molecular formula is C24H20BrClN2O3S2. The summed E-state index contributed by atoms with van der Waals surface area (Å²) in [5.41, 5.74) is 2.89. The third-order valence-electron chi connectivity index (χ3n) is 4.58. The Balaban J connectivity index is 1.66. The molecule has 33 heavy (non-hydrogen) atoms. The van der Waals surface area contributed by atoms with E-state index in [1.165, 1.54) is 22.2 Å². The van der Waals surface area contributed by atoms with Gasteiger partial charge in [-0.1, -0.05) is 64.0 Å². The first-order valence-corrected chi connectivity index (χ1v) is 12.7. The fourth-order valence-corrected chi connectivity index (χ4v) is 4.07. The van der Waals surface area contributed by atoms with Crippen LogP contribution in [0, 0.1) is 0 Å². The SMILES string of the molecule is CS/C(=C\c1ccc(-c2ccccc2Cl)o1)C(=O)N(C=S)CC(=O)NCc1ccc(Br)cc1. The zero-order valence-electron chi connectivity index (χ0n) is 17.6. The zero-order chi connectivity index (χ0) is 23.8. The molecule has 1 N–H and O–H groups in total. The number of nitrogens with zero attached hydrogens (tertiary/aromatic N) is 1. The zero-order valence-corrected chi connectivity index (χ0v) is 21.6. The number of rotatable bonds is 9. The van der Waals surface area contributed by atoms with Crippen molar-refractivity contribution in [2.45, 2.75) is 6.54 Å². The smallest absolute Gasteiger partial charge is 0.265 e. The first-order chi connectivity index (χ1) is 15.9. The van der Waals surface area contributed by atoms with E-state index < -0.39 is 0 Å². The monoisotopic (exact) mass is 562 g/mol. The fourth-order valence-electron chi connectivity index (χ4n) is 2.89. The van der Waals surface area contributed by atoms with Crippen LogP contribution in [0.1, 0.15) is 11.3 Å². The highest BCUT2D eigenvalue weighted by Gasteiger charge is 2.20. The lowest BCUT2D eigenvalue weighted by Gasteiger charge is -2.17. The second-order valence-electron chi connectivity index (χ2n) is 6.84. The molecular weight excluding hydrogens is 544 g/mol. The van der Waals surface area contributed by atoms with Crippen LogP contribution in [-0.4, -0.2) is 35.0 Å². The highest BCUT2D eigenvalue weighted by Crippen LogP contribution is 2.30. The number of thiocarbonyl (C=S) groups is 1. The van der Waals surface area contributed by atoms with Gasteiger partial charge in [0.25, 0.3) is 5.91 Å². The summed E-state index contributed by atoms with van der Waals surface area (Å²) < 4.78 is 6.82. The van der Waals surface area contributed by atoms with Gasteiger partial charge in [0.2, 0.25) is 5.91 Å². The number of nitrogens with one attached hydrogen (secondary N) is 1. The minimum atomic E-state index is -0.382. The van der Waals surface area contributed by atoms with Gasteiger partial charge < -0.3 is 9.73 Å².